The van der Waals surface area contributed by atoms with Crippen molar-refractivity contribution >= 4 is 11.9 Å². The van der Waals surface area contributed by atoms with Crippen LogP contribution in [0.1, 0.15) is 75.2 Å². The van der Waals surface area contributed by atoms with Gasteiger partial charge in [-0.05, 0) is 77.0 Å². The van der Waals surface area contributed by atoms with Crippen molar-refractivity contribution < 1.29 is 33.7 Å². The molecule has 1 saturated carbocycles. The zero-order chi connectivity index (χ0) is 23.8. The first-order valence-electron chi connectivity index (χ1n) is 11.9. The second-order valence-electron chi connectivity index (χ2n) is 9.89. The summed E-state index contributed by atoms with van der Waals surface area (Å²) in [6, 6.07) is 7.38. The summed E-state index contributed by atoms with van der Waals surface area (Å²) in [5.41, 5.74) is 0.951. The Bertz CT molecular complexity index is 766. The van der Waals surface area contributed by atoms with Crippen molar-refractivity contribution in [2.24, 2.45) is 5.92 Å². The van der Waals surface area contributed by atoms with Gasteiger partial charge in [-0.2, -0.15) is 5.06 Å². The monoisotopic (exact) mass is 463 g/mol. The molecule has 8 heteroatoms. The van der Waals surface area contributed by atoms with E-state index in [4.69, 9.17) is 24.2 Å². The predicted octanol–water partition coefficient (Wildman–Crippen LogP) is 4.17. The summed E-state index contributed by atoms with van der Waals surface area (Å²) in [4.78, 5) is 29.3. The van der Waals surface area contributed by atoms with Gasteiger partial charge in [0.15, 0.2) is 0 Å². The van der Waals surface area contributed by atoms with Gasteiger partial charge in [-0.25, -0.2) is 4.79 Å². The molecule has 1 unspecified atom stereocenters. The van der Waals surface area contributed by atoms with E-state index in [-0.39, 0.29) is 30.8 Å². The molecule has 2 aliphatic rings. The minimum absolute atomic E-state index is 0.0982. The molecule has 8 nitrogen and oxygen atoms in total. The number of hydrogen-bond acceptors (Lipinski definition) is 7. The van der Waals surface area contributed by atoms with Gasteiger partial charge in [0.2, 0.25) is 0 Å². The van der Waals surface area contributed by atoms with Crippen LogP contribution in [0.2, 0.25) is 0 Å². The third kappa shape index (κ3) is 8.37. The fourth-order valence-electron chi connectivity index (χ4n) is 4.20. The number of esters is 1. The van der Waals surface area contributed by atoms with Gasteiger partial charge >= 0.3 is 11.9 Å². The second kappa shape index (κ2) is 11.9. The Morgan fingerprint density at radius 2 is 1.73 bits per heavy atom. The first-order valence-corrected chi connectivity index (χ1v) is 11.9. The normalized spacial score (nSPS) is 24.0. The Morgan fingerprint density at radius 1 is 1.03 bits per heavy atom. The first-order chi connectivity index (χ1) is 15.7. The molecule has 0 amide bonds. The van der Waals surface area contributed by atoms with Crippen LogP contribution >= 0.6 is 0 Å². The average Bonchev–Trinajstić information content (AvgIpc) is 3.20. The topological polar surface area (TPSA) is 94.5 Å². The quantitative estimate of drug-likeness (QED) is 0.314. The third-order valence-electron chi connectivity index (χ3n) is 5.97. The smallest absolute Gasteiger partial charge is 0.338 e. The molecular weight excluding hydrogens is 426 g/mol. The number of carboxylic acid groups (broad SMARTS) is 1. The number of carbonyl (C=O) groups excluding carboxylic acids is 1. The van der Waals surface area contributed by atoms with E-state index in [0.29, 0.717) is 31.6 Å². The van der Waals surface area contributed by atoms with Crippen molar-refractivity contribution in [2.75, 3.05) is 19.9 Å². The van der Waals surface area contributed by atoms with E-state index in [1.54, 1.807) is 12.1 Å². The van der Waals surface area contributed by atoms with Gasteiger partial charge in [0, 0.05) is 6.54 Å². The number of hydroxylamine groups is 2. The number of rotatable bonds is 10. The van der Waals surface area contributed by atoms with Gasteiger partial charge in [0.25, 0.3) is 0 Å². The van der Waals surface area contributed by atoms with Crippen LogP contribution in [0.15, 0.2) is 24.3 Å². The minimum Gasteiger partial charge on any atom is -0.481 e. The van der Waals surface area contributed by atoms with Crippen molar-refractivity contribution in [3.8, 4) is 0 Å². The number of hydrogen-bond donors (Lipinski definition) is 1. The molecule has 1 heterocycles. The van der Waals surface area contributed by atoms with Crippen molar-refractivity contribution in [1.82, 2.24) is 5.06 Å². The molecule has 1 aliphatic carbocycles. The molecule has 2 fully saturated rings. The molecule has 1 saturated heterocycles. The van der Waals surface area contributed by atoms with E-state index in [0.717, 1.165) is 37.8 Å². The second-order valence-corrected chi connectivity index (χ2v) is 9.89. The summed E-state index contributed by atoms with van der Waals surface area (Å²) in [5.74, 6) is -1.26. The van der Waals surface area contributed by atoms with Gasteiger partial charge in [0.05, 0.1) is 36.8 Å². The van der Waals surface area contributed by atoms with Crippen LogP contribution in [0.25, 0.3) is 0 Å². The van der Waals surface area contributed by atoms with Crippen molar-refractivity contribution in [3.63, 3.8) is 0 Å². The third-order valence-corrected chi connectivity index (χ3v) is 5.97. The Kier molecular flexibility index (Phi) is 9.26. The maximum absolute atomic E-state index is 12.1. The highest BCUT2D eigenvalue weighted by Crippen LogP contribution is 2.29. The van der Waals surface area contributed by atoms with Gasteiger partial charge in [-0.3, -0.25) is 9.63 Å². The van der Waals surface area contributed by atoms with E-state index < -0.39 is 11.6 Å². The van der Waals surface area contributed by atoms with Gasteiger partial charge in [-0.15, -0.1) is 0 Å². The van der Waals surface area contributed by atoms with E-state index in [1.165, 1.54) is 0 Å². The number of nitrogens with zero attached hydrogens (tertiary/aromatic N) is 1. The summed E-state index contributed by atoms with van der Waals surface area (Å²) in [5, 5.41) is 11.2. The molecule has 1 aliphatic heterocycles. The molecular formula is C25H37NO7. The molecule has 184 valence electrons. The Hall–Kier alpha value is -2.00. The summed E-state index contributed by atoms with van der Waals surface area (Å²) >= 11 is 0. The minimum atomic E-state index is -0.695. The van der Waals surface area contributed by atoms with Crippen LogP contribution in [0.5, 0.6) is 0 Å². The number of benzene rings is 1. The van der Waals surface area contributed by atoms with E-state index in [2.05, 4.69) is 0 Å². The highest BCUT2D eigenvalue weighted by Gasteiger charge is 2.32. The van der Waals surface area contributed by atoms with Crippen LogP contribution in [0.4, 0.5) is 0 Å². The zero-order valence-corrected chi connectivity index (χ0v) is 20.0. The summed E-state index contributed by atoms with van der Waals surface area (Å²) in [6.07, 6.45) is 5.11. The van der Waals surface area contributed by atoms with Crippen LogP contribution in [-0.4, -0.2) is 59.8 Å². The fourth-order valence-corrected chi connectivity index (χ4v) is 4.20. The molecule has 1 N–H and O–H groups in total. The maximum atomic E-state index is 12.1. The molecule has 0 spiro atoms. The van der Waals surface area contributed by atoms with Crippen molar-refractivity contribution in [3.05, 3.63) is 35.4 Å². The molecule has 33 heavy (non-hydrogen) atoms. The summed E-state index contributed by atoms with van der Waals surface area (Å²) in [7, 11) is 0. The highest BCUT2D eigenvalue weighted by molar-refractivity contribution is 5.89. The lowest BCUT2D eigenvalue weighted by atomic mass is 9.88. The van der Waals surface area contributed by atoms with E-state index >= 15 is 0 Å². The predicted molar refractivity (Wildman–Crippen MR) is 121 cm³/mol. The highest BCUT2D eigenvalue weighted by atomic mass is 16.7. The SMILES string of the molecule is CC(C)(C)OC(=O)c1ccc(COCOCC2CCCN2OC2CCC(C(=O)O)CC2)cc1. The molecule has 1 aromatic rings. The van der Waals surface area contributed by atoms with Crippen molar-refractivity contribution in [1.29, 1.82) is 0 Å². The van der Waals surface area contributed by atoms with Crippen LogP contribution in [-0.2, 0) is 30.4 Å². The van der Waals surface area contributed by atoms with Crippen LogP contribution in [0, 0.1) is 5.92 Å². The first kappa shape index (κ1) is 25.6. The number of ether oxygens (including phenoxy) is 3. The number of carboxylic acids is 1. The standard InChI is InChI=1S/C25H37NO7/c1-25(2,3)32-24(29)20-8-6-18(7-9-20)15-30-17-31-16-21-5-4-14-26(21)33-22-12-10-19(11-13-22)23(27)28/h6-9,19,21-22H,4-5,10-17H2,1-3H3,(H,27,28). The largest absolute Gasteiger partial charge is 0.481 e. The lowest BCUT2D eigenvalue weighted by Crippen LogP contribution is -2.38. The fraction of sp³-hybridized carbons (Fsp3) is 0.680. The van der Waals surface area contributed by atoms with Crippen molar-refractivity contribution in [2.45, 2.75) is 83.6 Å². The maximum Gasteiger partial charge on any atom is 0.338 e. The summed E-state index contributed by atoms with van der Waals surface area (Å²) in [6.45, 7) is 7.51. The average molecular weight is 464 g/mol. The summed E-state index contributed by atoms with van der Waals surface area (Å²) < 4.78 is 16.7. The van der Waals surface area contributed by atoms with Gasteiger partial charge in [-0.1, -0.05) is 12.1 Å². The number of aliphatic carboxylic acids is 1. The lowest BCUT2D eigenvalue weighted by molar-refractivity contribution is -0.225. The van der Waals surface area contributed by atoms with Gasteiger partial charge < -0.3 is 19.3 Å². The number of carbonyl (C=O) groups is 2. The van der Waals surface area contributed by atoms with E-state index in [9.17, 15) is 9.59 Å². The van der Waals surface area contributed by atoms with Crippen LogP contribution in [0.3, 0.4) is 0 Å². The van der Waals surface area contributed by atoms with E-state index in [1.807, 2.05) is 38.0 Å². The molecule has 0 radical (unpaired) electrons. The lowest BCUT2D eigenvalue weighted by Gasteiger charge is -2.32. The molecule has 0 bridgehead atoms. The molecule has 3 rings (SSSR count). The Morgan fingerprint density at radius 3 is 2.36 bits per heavy atom. The zero-order valence-electron chi connectivity index (χ0n) is 20.0. The van der Waals surface area contributed by atoms with Crippen LogP contribution < -0.4 is 0 Å². The molecule has 0 aromatic heterocycles. The Labute approximate surface area is 196 Å². The van der Waals surface area contributed by atoms with Gasteiger partial charge in [0.1, 0.15) is 12.4 Å². The molecule has 1 aromatic carbocycles. The molecule has 1 atom stereocenters. The Balaban J connectivity index is 1.32.